The topological polar surface area (TPSA) is 55.1 Å². The maximum Gasteiger partial charge on any atom is 0.254 e. The van der Waals surface area contributed by atoms with Gasteiger partial charge in [0, 0.05) is 13.1 Å². The van der Waals surface area contributed by atoms with Crippen LogP contribution in [0.25, 0.3) is 0 Å². The number of benzene rings is 2. The van der Waals surface area contributed by atoms with Gasteiger partial charge in [-0.1, -0.05) is 24.3 Å². The third-order valence-corrected chi connectivity index (χ3v) is 2.85. The van der Waals surface area contributed by atoms with Crippen LogP contribution in [-0.4, -0.2) is 5.91 Å². The second-order valence-corrected chi connectivity index (χ2v) is 4.33. The normalized spacial score (nSPS) is 10.3. The van der Waals surface area contributed by atoms with E-state index >= 15 is 0 Å². The van der Waals surface area contributed by atoms with E-state index < -0.39 is 17.5 Å². The maximum absolute atomic E-state index is 13.4. The molecule has 104 valence electrons. The smallest absolute Gasteiger partial charge is 0.254 e. The summed E-state index contributed by atoms with van der Waals surface area (Å²) in [4.78, 5) is 11.8. The van der Waals surface area contributed by atoms with Crippen LogP contribution in [0.5, 0.6) is 0 Å². The zero-order chi connectivity index (χ0) is 14.5. The summed E-state index contributed by atoms with van der Waals surface area (Å²) in [5.41, 5.74) is 7.00. The lowest BCUT2D eigenvalue weighted by Gasteiger charge is -2.07. The molecule has 5 heteroatoms. The Hall–Kier alpha value is -2.27. The largest absolute Gasteiger partial charge is 0.348 e. The summed E-state index contributed by atoms with van der Waals surface area (Å²) in [5, 5.41) is 2.55. The monoisotopic (exact) mass is 276 g/mol. The van der Waals surface area contributed by atoms with E-state index in [-0.39, 0.29) is 12.1 Å². The molecule has 0 radical (unpaired) electrons. The van der Waals surface area contributed by atoms with Gasteiger partial charge in [0.15, 0.2) is 0 Å². The molecule has 0 aromatic heterocycles. The van der Waals surface area contributed by atoms with E-state index in [0.29, 0.717) is 6.54 Å². The highest BCUT2D eigenvalue weighted by Crippen LogP contribution is 2.10. The molecule has 3 nitrogen and oxygen atoms in total. The Morgan fingerprint density at radius 1 is 1.10 bits per heavy atom. The van der Waals surface area contributed by atoms with Crippen LogP contribution in [0.15, 0.2) is 42.5 Å². The quantitative estimate of drug-likeness (QED) is 0.900. The number of nitrogens with two attached hydrogens (primary N) is 1. The number of rotatable bonds is 4. The number of amides is 1. The predicted octanol–water partition coefficient (Wildman–Crippen LogP) is 2.35. The summed E-state index contributed by atoms with van der Waals surface area (Å²) in [7, 11) is 0. The summed E-state index contributed by atoms with van der Waals surface area (Å²) in [6.07, 6.45) is 0. The summed E-state index contributed by atoms with van der Waals surface area (Å²) >= 11 is 0. The molecule has 2 aromatic carbocycles. The number of halogens is 2. The minimum atomic E-state index is -0.750. The zero-order valence-corrected chi connectivity index (χ0v) is 10.7. The number of nitrogens with one attached hydrogen (secondary N) is 1. The third-order valence-electron chi connectivity index (χ3n) is 2.85. The van der Waals surface area contributed by atoms with Gasteiger partial charge in [0.05, 0.1) is 5.56 Å². The molecule has 2 rings (SSSR count). The first-order valence-electron chi connectivity index (χ1n) is 6.11. The van der Waals surface area contributed by atoms with Gasteiger partial charge in [0.25, 0.3) is 5.91 Å². The second-order valence-electron chi connectivity index (χ2n) is 4.33. The molecular formula is C15H14F2N2O. The lowest BCUT2D eigenvalue weighted by molar-refractivity contribution is 0.0946. The van der Waals surface area contributed by atoms with Gasteiger partial charge in [0.2, 0.25) is 0 Å². The van der Waals surface area contributed by atoms with Gasteiger partial charge in [-0.05, 0) is 29.3 Å². The molecule has 0 unspecified atom stereocenters. The van der Waals surface area contributed by atoms with E-state index in [9.17, 15) is 13.6 Å². The lowest BCUT2D eigenvalue weighted by atomic mass is 10.1. The standard InChI is InChI=1S/C15H14F2N2O/c16-12-4-5-14(17)13(7-12)15(20)19-9-11-3-1-2-10(6-11)8-18/h1-7H,8-9,18H2,(H,19,20). The Balaban J connectivity index is 2.06. The fourth-order valence-electron chi connectivity index (χ4n) is 1.82. The van der Waals surface area contributed by atoms with Gasteiger partial charge in [-0.25, -0.2) is 8.78 Å². The van der Waals surface area contributed by atoms with Crippen molar-refractivity contribution in [2.75, 3.05) is 0 Å². The van der Waals surface area contributed by atoms with E-state index in [2.05, 4.69) is 5.32 Å². The molecule has 0 aliphatic rings. The van der Waals surface area contributed by atoms with Gasteiger partial charge >= 0.3 is 0 Å². The summed E-state index contributed by atoms with van der Waals surface area (Å²) < 4.78 is 26.4. The molecular weight excluding hydrogens is 262 g/mol. The van der Waals surface area contributed by atoms with Gasteiger partial charge in [-0.15, -0.1) is 0 Å². The van der Waals surface area contributed by atoms with Gasteiger partial charge in [-0.3, -0.25) is 4.79 Å². The van der Waals surface area contributed by atoms with E-state index in [4.69, 9.17) is 5.73 Å². The molecule has 0 aliphatic heterocycles. The van der Waals surface area contributed by atoms with Crippen molar-refractivity contribution in [3.8, 4) is 0 Å². The van der Waals surface area contributed by atoms with Crippen LogP contribution < -0.4 is 11.1 Å². The number of carbonyl (C=O) groups is 1. The first-order valence-corrected chi connectivity index (χ1v) is 6.11. The van der Waals surface area contributed by atoms with Gasteiger partial charge in [0.1, 0.15) is 11.6 Å². The fraction of sp³-hybridized carbons (Fsp3) is 0.133. The molecule has 0 saturated heterocycles. The molecule has 0 aliphatic carbocycles. The van der Waals surface area contributed by atoms with E-state index in [1.54, 1.807) is 0 Å². The van der Waals surface area contributed by atoms with Crippen LogP contribution in [0.3, 0.4) is 0 Å². The van der Waals surface area contributed by atoms with Crippen molar-refractivity contribution in [2.24, 2.45) is 5.73 Å². The first-order chi connectivity index (χ1) is 9.60. The molecule has 1 amide bonds. The molecule has 0 heterocycles. The van der Waals surface area contributed by atoms with Crippen LogP contribution in [-0.2, 0) is 13.1 Å². The van der Waals surface area contributed by atoms with E-state index in [1.165, 1.54) is 0 Å². The minimum Gasteiger partial charge on any atom is -0.348 e. The predicted molar refractivity (Wildman–Crippen MR) is 71.9 cm³/mol. The summed E-state index contributed by atoms with van der Waals surface area (Å²) in [5.74, 6) is -2.05. The number of hydrogen-bond acceptors (Lipinski definition) is 2. The van der Waals surface area contributed by atoms with Crippen molar-refractivity contribution in [3.05, 3.63) is 70.8 Å². The molecule has 0 saturated carbocycles. The highest BCUT2D eigenvalue weighted by Gasteiger charge is 2.12. The molecule has 3 N–H and O–H groups in total. The van der Waals surface area contributed by atoms with E-state index in [1.807, 2.05) is 24.3 Å². The van der Waals surface area contributed by atoms with Crippen molar-refractivity contribution >= 4 is 5.91 Å². The highest BCUT2D eigenvalue weighted by atomic mass is 19.1. The molecule has 0 bridgehead atoms. The van der Waals surface area contributed by atoms with Crippen molar-refractivity contribution in [1.29, 1.82) is 0 Å². The van der Waals surface area contributed by atoms with Crippen LogP contribution >= 0.6 is 0 Å². The highest BCUT2D eigenvalue weighted by molar-refractivity contribution is 5.94. The van der Waals surface area contributed by atoms with Crippen LogP contribution in [0.4, 0.5) is 8.78 Å². The van der Waals surface area contributed by atoms with Crippen molar-refractivity contribution < 1.29 is 13.6 Å². The SMILES string of the molecule is NCc1cccc(CNC(=O)c2cc(F)ccc2F)c1. The van der Waals surface area contributed by atoms with Gasteiger partial charge in [-0.2, -0.15) is 0 Å². The van der Waals surface area contributed by atoms with Gasteiger partial charge < -0.3 is 11.1 Å². The van der Waals surface area contributed by atoms with E-state index in [0.717, 1.165) is 29.3 Å². The Labute approximate surface area is 115 Å². The maximum atomic E-state index is 13.4. The summed E-state index contributed by atoms with van der Waals surface area (Å²) in [6, 6.07) is 10.1. The summed E-state index contributed by atoms with van der Waals surface area (Å²) in [6.45, 7) is 0.628. The Kier molecular flexibility index (Phi) is 4.42. The third kappa shape index (κ3) is 3.39. The fourth-order valence-corrected chi connectivity index (χ4v) is 1.82. The average molecular weight is 276 g/mol. The molecule has 0 fully saturated rings. The zero-order valence-electron chi connectivity index (χ0n) is 10.7. The molecule has 2 aromatic rings. The Morgan fingerprint density at radius 2 is 1.85 bits per heavy atom. The van der Waals surface area contributed by atoms with Crippen molar-refractivity contribution in [3.63, 3.8) is 0 Å². The Bertz CT molecular complexity index is 629. The van der Waals surface area contributed by atoms with Crippen molar-refractivity contribution in [2.45, 2.75) is 13.1 Å². The minimum absolute atomic E-state index is 0.225. The number of hydrogen-bond donors (Lipinski definition) is 2. The average Bonchev–Trinajstić information content (AvgIpc) is 2.47. The van der Waals surface area contributed by atoms with Crippen LogP contribution in [0.1, 0.15) is 21.5 Å². The molecule has 0 spiro atoms. The van der Waals surface area contributed by atoms with Crippen LogP contribution in [0.2, 0.25) is 0 Å². The molecule has 0 atom stereocenters. The second kappa shape index (κ2) is 6.25. The Morgan fingerprint density at radius 3 is 2.60 bits per heavy atom. The first kappa shape index (κ1) is 14.1. The van der Waals surface area contributed by atoms with Crippen LogP contribution in [0, 0.1) is 11.6 Å². The number of carbonyl (C=O) groups excluding carboxylic acids is 1. The van der Waals surface area contributed by atoms with Crippen molar-refractivity contribution in [1.82, 2.24) is 5.32 Å². The molecule has 20 heavy (non-hydrogen) atoms. The lowest BCUT2D eigenvalue weighted by Crippen LogP contribution is -2.24.